The van der Waals surface area contributed by atoms with E-state index >= 15 is 0 Å². The SMILES string of the molecule is COc1ccc(NC(=O)Cc2sc(-c3ccc(C(F)(F)F)cc3)nc2C)cc1OCCN(C(C)C)C(C)C. The number of benzene rings is 2. The number of ether oxygens (including phenoxy) is 2. The Morgan fingerprint density at radius 2 is 1.71 bits per heavy atom. The summed E-state index contributed by atoms with van der Waals surface area (Å²) in [6.45, 7) is 11.6. The third-order valence-corrected chi connectivity index (χ3v) is 7.26. The molecule has 6 nitrogen and oxygen atoms in total. The van der Waals surface area contributed by atoms with Crippen LogP contribution in [-0.4, -0.2) is 48.1 Å². The van der Waals surface area contributed by atoms with Crippen molar-refractivity contribution in [3.63, 3.8) is 0 Å². The van der Waals surface area contributed by atoms with Gasteiger partial charge in [-0.05, 0) is 58.9 Å². The van der Waals surface area contributed by atoms with Crippen LogP contribution in [0.1, 0.15) is 43.8 Å². The Morgan fingerprint density at radius 3 is 2.29 bits per heavy atom. The molecule has 0 aliphatic heterocycles. The van der Waals surface area contributed by atoms with E-state index in [4.69, 9.17) is 9.47 Å². The van der Waals surface area contributed by atoms with Gasteiger partial charge in [-0.3, -0.25) is 9.69 Å². The molecule has 0 spiro atoms. The molecule has 0 aliphatic carbocycles. The van der Waals surface area contributed by atoms with E-state index in [9.17, 15) is 18.0 Å². The van der Waals surface area contributed by atoms with Crippen LogP contribution in [0.3, 0.4) is 0 Å². The molecule has 0 saturated heterocycles. The predicted octanol–water partition coefficient (Wildman–Crippen LogP) is 6.82. The van der Waals surface area contributed by atoms with Crippen molar-refractivity contribution < 1.29 is 27.4 Å². The second kappa shape index (κ2) is 12.6. The number of carbonyl (C=O) groups is 1. The summed E-state index contributed by atoms with van der Waals surface area (Å²) in [5.74, 6) is 0.872. The number of aryl methyl sites for hydroxylation is 1. The molecule has 2 aromatic carbocycles. The summed E-state index contributed by atoms with van der Waals surface area (Å²) in [7, 11) is 1.57. The highest BCUT2D eigenvalue weighted by Crippen LogP contribution is 2.34. The molecule has 0 radical (unpaired) electrons. The normalized spacial score (nSPS) is 11.9. The van der Waals surface area contributed by atoms with Gasteiger partial charge in [0.2, 0.25) is 5.91 Å². The fraction of sp³-hybridized carbons (Fsp3) is 0.429. The van der Waals surface area contributed by atoms with E-state index in [1.807, 2.05) is 0 Å². The number of thiazole rings is 1. The van der Waals surface area contributed by atoms with Gasteiger partial charge in [0.15, 0.2) is 11.5 Å². The van der Waals surface area contributed by atoms with Crippen LogP contribution in [0.2, 0.25) is 0 Å². The van der Waals surface area contributed by atoms with Gasteiger partial charge >= 0.3 is 6.18 Å². The highest BCUT2D eigenvalue weighted by molar-refractivity contribution is 7.15. The standard InChI is InChI=1S/C28H34F3N3O3S/c1-17(2)34(18(3)4)13-14-37-24-15-22(11-12-23(24)36-6)33-26(35)16-25-19(5)32-27(38-25)20-7-9-21(10-8-20)28(29,30)31/h7-12,15,17-18H,13-14,16H2,1-6H3,(H,33,35). The monoisotopic (exact) mass is 549 g/mol. The third-order valence-electron chi connectivity index (χ3n) is 6.05. The second-order valence-electron chi connectivity index (χ2n) is 9.47. The van der Waals surface area contributed by atoms with E-state index in [0.717, 1.165) is 23.6 Å². The number of alkyl halides is 3. The summed E-state index contributed by atoms with van der Waals surface area (Å²) in [5, 5.41) is 3.45. The fourth-order valence-corrected chi connectivity index (χ4v) is 5.18. The smallest absolute Gasteiger partial charge is 0.416 e. The van der Waals surface area contributed by atoms with Crippen LogP contribution in [0, 0.1) is 6.92 Å². The predicted molar refractivity (Wildman–Crippen MR) is 145 cm³/mol. The van der Waals surface area contributed by atoms with E-state index in [1.54, 1.807) is 32.2 Å². The maximum atomic E-state index is 12.9. The summed E-state index contributed by atoms with van der Waals surface area (Å²) in [6.07, 6.45) is -4.31. The van der Waals surface area contributed by atoms with Gasteiger partial charge < -0.3 is 14.8 Å². The molecule has 206 valence electrons. The maximum Gasteiger partial charge on any atom is 0.416 e. The molecule has 1 aromatic heterocycles. The molecule has 1 heterocycles. The third kappa shape index (κ3) is 7.70. The zero-order valence-electron chi connectivity index (χ0n) is 22.5. The van der Waals surface area contributed by atoms with Gasteiger partial charge in [-0.25, -0.2) is 4.98 Å². The van der Waals surface area contributed by atoms with E-state index in [0.29, 0.717) is 52.1 Å². The molecule has 38 heavy (non-hydrogen) atoms. The summed E-state index contributed by atoms with van der Waals surface area (Å²) >= 11 is 1.29. The lowest BCUT2D eigenvalue weighted by Crippen LogP contribution is -2.39. The number of nitrogens with one attached hydrogen (secondary N) is 1. The zero-order chi connectivity index (χ0) is 28.0. The van der Waals surface area contributed by atoms with Crippen LogP contribution in [0.25, 0.3) is 10.6 Å². The Bertz CT molecular complexity index is 1220. The van der Waals surface area contributed by atoms with E-state index < -0.39 is 11.7 Å². The van der Waals surface area contributed by atoms with Crippen molar-refractivity contribution in [1.82, 2.24) is 9.88 Å². The first kappa shape index (κ1) is 29.4. The first-order valence-electron chi connectivity index (χ1n) is 12.4. The summed E-state index contributed by atoms with van der Waals surface area (Å²) in [4.78, 5) is 20.3. The number of methoxy groups -OCH3 is 1. The van der Waals surface area contributed by atoms with Crippen molar-refractivity contribution in [3.05, 3.63) is 58.6 Å². The molecule has 0 bridgehead atoms. The van der Waals surface area contributed by atoms with Gasteiger partial charge in [-0.2, -0.15) is 13.2 Å². The molecule has 3 aromatic rings. The van der Waals surface area contributed by atoms with Crippen molar-refractivity contribution in [1.29, 1.82) is 0 Å². The van der Waals surface area contributed by atoms with E-state index in [-0.39, 0.29) is 12.3 Å². The molecule has 0 saturated carbocycles. The number of hydrogen-bond donors (Lipinski definition) is 1. The largest absolute Gasteiger partial charge is 0.493 e. The van der Waals surface area contributed by atoms with Gasteiger partial charge in [-0.1, -0.05) is 12.1 Å². The summed E-state index contributed by atoms with van der Waals surface area (Å²) in [6, 6.07) is 10.9. The highest BCUT2D eigenvalue weighted by atomic mass is 32.1. The molecular weight excluding hydrogens is 515 g/mol. The number of nitrogens with zero attached hydrogens (tertiary/aromatic N) is 2. The molecule has 3 rings (SSSR count). The minimum atomic E-state index is -4.39. The van der Waals surface area contributed by atoms with Crippen molar-refractivity contribution >= 4 is 22.9 Å². The number of carbonyl (C=O) groups excluding carboxylic acids is 1. The molecule has 1 N–H and O–H groups in total. The van der Waals surface area contributed by atoms with Crippen LogP contribution in [-0.2, 0) is 17.4 Å². The topological polar surface area (TPSA) is 63.7 Å². The molecule has 0 unspecified atom stereocenters. The van der Waals surface area contributed by atoms with Crippen molar-refractivity contribution in [2.45, 2.75) is 59.3 Å². The maximum absolute atomic E-state index is 12.9. The first-order chi connectivity index (χ1) is 17.9. The average molecular weight is 550 g/mol. The van der Waals surface area contributed by atoms with Crippen LogP contribution < -0.4 is 14.8 Å². The molecule has 0 atom stereocenters. The van der Waals surface area contributed by atoms with Crippen molar-refractivity contribution in [2.24, 2.45) is 0 Å². The van der Waals surface area contributed by atoms with Gasteiger partial charge in [0, 0.05) is 40.8 Å². The Balaban J connectivity index is 1.65. The van der Waals surface area contributed by atoms with Crippen LogP contribution in [0.5, 0.6) is 11.5 Å². The van der Waals surface area contributed by atoms with Gasteiger partial charge in [0.25, 0.3) is 0 Å². The lowest BCUT2D eigenvalue weighted by Gasteiger charge is -2.30. The molecule has 1 amide bonds. The van der Waals surface area contributed by atoms with Gasteiger partial charge in [0.1, 0.15) is 11.6 Å². The minimum absolute atomic E-state index is 0.0874. The van der Waals surface area contributed by atoms with E-state index in [2.05, 4.69) is 42.9 Å². The fourth-order valence-electron chi connectivity index (χ4n) is 4.11. The molecule has 10 heteroatoms. The Labute approximate surface area is 225 Å². The highest BCUT2D eigenvalue weighted by Gasteiger charge is 2.30. The van der Waals surface area contributed by atoms with Crippen molar-refractivity contribution in [3.8, 4) is 22.1 Å². The number of anilines is 1. The summed E-state index contributed by atoms with van der Waals surface area (Å²) in [5.41, 5.74) is 1.09. The molecule has 0 fully saturated rings. The Hall–Kier alpha value is -3.11. The summed E-state index contributed by atoms with van der Waals surface area (Å²) < 4.78 is 50.0. The molecular formula is C28H34F3N3O3S. The number of halogens is 3. The number of hydrogen-bond acceptors (Lipinski definition) is 6. The Morgan fingerprint density at radius 1 is 1.05 bits per heavy atom. The average Bonchev–Trinajstić information content (AvgIpc) is 3.20. The Kier molecular flexibility index (Phi) is 9.78. The molecule has 0 aliphatic rings. The van der Waals surface area contributed by atoms with Gasteiger partial charge in [0.05, 0.1) is 24.8 Å². The number of amides is 1. The van der Waals surface area contributed by atoms with Gasteiger partial charge in [-0.15, -0.1) is 11.3 Å². The quantitative estimate of drug-likeness (QED) is 0.284. The first-order valence-corrected chi connectivity index (χ1v) is 13.2. The second-order valence-corrected chi connectivity index (χ2v) is 10.6. The minimum Gasteiger partial charge on any atom is -0.493 e. The zero-order valence-corrected chi connectivity index (χ0v) is 23.3. The van der Waals surface area contributed by atoms with E-state index in [1.165, 1.54) is 23.5 Å². The van der Waals surface area contributed by atoms with Crippen LogP contribution >= 0.6 is 11.3 Å². The number of rotatable bonds is 11. The number of aromatic nitrogens is 1. The lowest BCUT2D eigenvalue weighted by molar-refractivity contribution is -0.137. The lowest BCUT2D eigenvalue weighted by atomic mass is 10.1. The van der Waals surface area contributed by atoms with Crippen LogP contribution in [0.15, 0.2) is 42.5 Å². The van der Waals surface area contributed by atoms with Crippen LogP contribution in [0.4, 0.5) is 18.9 Å². The van der Waals surface area contributed by atoms with Crippen molar-refractivity contribution in [2.75, 3.05) is 25.6 Å².